The van der Waals surface area contributed by atoms with E-state index in [9.17, 15) is 9.90 Å². The Kier molecular flexibility index (Phi) is 3.80. The zero-order valence-corrected chi connectivity index (χ0v) is 8.77. The molecule has 0 atom stereocenters. The van der Waals surface area contributed by atoms with Crippen LogP contribution in [0.15, 0.2) is 35.3 Å². The summed E-state index contributed by atoms with van der Waals surface area (Å²) in [6, 6.07) is 4.84. The van der Waals surface area contributed by atoms with Gasteiger partial charge in [0.1, 0.15) is 5.75 Å². The number of hydrogen-bond donors (Lipinski definition) is 1. The first-order chi connectivity index (χ1) is 7.22. The highest BCUT2D eigenvalue weighted by Gasteiger charge is 2.04. The number of carbonyl (C=O) groups is 1. The minimum absolute atomic E-state index is 0.00955. The molecule has 0 aliphatic heterocycles. The van der Waals surface area contributed by atoms with E-state index in [1.165, 1.54) is 6.07 Å². The Hall–Kier alpha value is -1.90. The van der Waals surface area contributed by atoms with Crippen LogP contribution in [0.25, 0.3) is 0 Å². The predicted molar refractivity (Wildman–Crippen MR) is 60.8 cm³/mol. The second-order valence-electron chi connectivity index (χ2n) is 3.00. The van der Waals surface area contributed by atoms with Gasteiger partial charge in [-0.1, -0.05) is 6.08 Å². The molecule has 3 heteroatoms. The molecule has 0 bridgehead atoms. The zero-order valence-electron chi connectivity index (χ0n) is 8.77. The highest BCUT2D eigenvalue weighted by Crippen LogP contribution is 2.17. The second-order valence-corrected chi connectivity index (χ2v) is 3.00. The van der Waals surface area contributed by atoms with Gasteiger partial charge in [0, 0.05) is 12.6 Å². The van der Waals surface area contributed by atoms with Gasteiger partial charge < -0.3 is 5.11 Å². The summed E-state index contributed by atoms with van der Waals surface area (Å²) in [5.41, 5.74) is 1.87. The van der Waals surface area contributed by atoms with Crippen molar-refractivity contribution in [3.05, 3.63) is 41.5 Å². The number of phenolic OH excluding ortho intramolecular Hbond substituents is 1. The molecular weight excluding hydrogens is 190 g/mol. The third kappa shape index (κ3) is 2.53. The molecule has 78 valence electrons. The van der Waals surface area contributed by atoms with Gasteiger partial charge in [-0.15, -0.1) is 0 Å². The number of nitrogens with zero attached hydrogens (tertiary/aromatic N) is 1. The molecule has 0 aromatic heterocycles. The maximum Gasteiger partial charge on any atom is 0.153 e. The van der Waals surface area contributed by atoms with Crippen LogP contribution in [0, 0.1) is 0 Å². The monoisotopic (exact) mass is 203 g/mol. The third-order valence-electron chi connectivity index (χ3n) is 2.02. The van der Waals surface area contributed by atoms with E-state index in [1.54, 1.807) is 19.2 Å². The van der Waals surface area contributed by atoms with Gasteiger partial charge in [-0.3, -0.25) is 9.79 Å². The van der Waals surface area contributed by atoms with Gasteiger partial charge in [0.05, 0.1) is 11.3 Å². The van der Waals surface area contributed by atoms with Crippen molar-refractivity contribution in [1.82, 2.24) is 0 Å². The average molecular weight is 203 g/mol. The molecule has 3 nitrogen and oxygen atoms in total. The number of allylic oxidation sites excluding steroid dienone is 2. The summed E-state index contributed by atoms with van der Waals surface area (Å²) >= 11 is 0. The molecule has 0 fully saturated rings. The molecule has 0 spiro atoms. The van der Waals surface area contributed by atoms with E-state index in [0.717, 1.165) is 11.3 Å². The molecule has 1 rings (SSSR count). The van der Waals surface area contributed by atoms with E-state index >= 15 is 0 Å². The second kappa shape index (κ2) is 5.10. The number of aldehydes is 1. The standard InChI is InChI=1S/C12H13NO2/c1-3-4-11(13-2)9-5-6-12(15)10(7-9)8-14/h3-8,15H,1-2H3/b4-3-,13-11?. The fraction of sp³-hybridized carbons (Fsp3) is 0.167. The highest BCUT2D eigenvalue weighted by molar-refractivity contribution is 6.09. The Morgan fingerprint density at radius 3 is 2.73 bits per heavy atom. The van der Waals surface area contributed by atoms with Gasteiger partial charge in [0.25, 0.3) is 0 Å². The van der Waals surface area contributed by atoms with Crippen molar-refractivity contribution in [2.45, 2.75) is 6.92 Å². The van der Waals surface area contributed by atoms with Crippen molar-refractivity contribution in [2.24, 2.45) is 4.99 Å². The van der Waals surface area contributed by atoms with Gasteiger partial charge in [0.15, 0.2) is 6.29 Å². The van der Waals surface area contributed by atoms with E-state index < -0.39 is 0 Å². The van der Waals surface area contributed by atoms with E-state index in [4.69, 9.17) is 0 Å². The predicted octanol–water partition coefficient (Wildman–Crippen LogP) is 2.20. The summed E-state index contributed by atoms with van der Waals surface area (Å²) in [5.74, 6) is -0.00955. The lowest BCUT2D eigenvalue weighted by Crippen LogP contribution is -1.97. The van der Waals surface area contributed by atoms with Gasteiger partial charge in [-0.25, -0.2) is 0 Å². The molecule has 0 saturated carbocycles. The Morgan fingerprint density at radius 2 is 2.20 bits per heavy atom. The summed E-state index contributed by atoms with van der Waals surface area (Å²) in [5, 5.41) is 9.33. The van der Waals surface area contributed by atoms with Gasteiger partial charge in [0.2, 0.25) is 0 Å². The lowest BCUT2D eigenvalue weighted by Gasteiger charge is -2.03. The molecule has 0 radical (unpaired) electrons. The smallest absolute Gasteiger partial charge is 0.153 e. The zero-order chi connectivity index (χ0) is 11.3. The maximum absolute atomic E-state index is 10.6. The van der Waals surface area contributed by atoms with Crippen molar-refractivity contribution in [3.63, 3.8) is 0 Å². The number of phenols is 1. The SMILES string of the molecule is C/C=C\C(=NC)c1ccc(O)c(C=O)c1. The lowest BCUT2D eigenvalue weighted by atomic mass is 10.1. The van der Waals surface area contributed by atoms with Crippen LogP contribution in [0.2, 0.25) is 0 Å². The molecular formula is C12H13NO2. The Bertz CT molecular complexity index is 420. The van der Waals surface area contributed by atoms with Crippen molar-refractivity contribution in [1.29, 1.82) is 0 Å². The quantitative estimate of drug-likeness (QED) is 0.604. The summed E-state index contributed by atoms with van der Waals surface area (Å²) in [6.45, 7) is 1.90. The molecule has 0 saturated heterocycles. The van der Waals surface area contributed by atoms with Crippen molar-refractivity contribution < 1.29 is 9.90 Å². The van der Waals surface area contributed by atoms with Crippen LogP contribution in [0.4, 0.5) is 0 Å². The summed E-state index contributed by atoms with van der Waals surface area (Å²) in [4.78, 5) is 14.7. The van der Waals surface area contributed by atoms with E-state index in [1.807, 2.05) is 19.1 Å². The van der Waals surface area contributed by atoms with Gasteiger partial charge >= 0.3 is 0 Å². The Morgan fingerprint density at radius 1 is 1.47 bits per heavy atom. The molecule has 0 aliphatic carbocycles. The van der Waals surface area contributed by atoms with Crippen LogP contribution in [0.1, 0.15) is 22.8 Å². The Labute approximate surface area is 88.8 Å². The van der Waals surface area contributed by atoms with E-state index in [0.29, 0.717) is 6.29 Å². The molecule has 1 N–H and O–H groups in total. The molecule has 0 aliphatic rings. The molecule has 1 aromatic carbocycles. The first-order valence-electron chi connectivity index (χ1n) is 4.61. The molecule has 15 heavy (non-hydrogen) atoms. The van der Waals surface area contributed by atoms with Crippen LogP contribution in [-0.2, 0) is 0 Å². The largest absolute Gasteiger partial charge is 0.507 e. The van der Waals surface area contributed by atoms with Crippen LogP contribution >= 0.6 is 0 Å². The fourth-order valence-electron chi connectivity index (χ4n) is 1.27. The number of benzene rings is 1. The summed E-state index contributed by atoms with van der Waals surface area (Å²) in [7, 11) is 1.68. The van der Waals surface area contributed by atoms with Gasteiger partial charge in [-0.05, 0) is 31.2 Å². The van der Waals surface area contributed by atoms with Crippen LogP contribution < -0.4 is 0 Å². The first kappa shape index (κ1) is 11.2. The van der Waals surface area contributed by atoms with E-state index in [2.05, 4.69) is 4.99 Å². The molecule has 0 amide bonds. The topological polar surface area (TPSA) is 49.7 Å². The van der Waals surface area contributed by atoms with Crippen LogP contribution in [0.3, 0.4) is 0 Å². The van der Waals surface area contributed by atoms with Crippen molar-refractivity contribution >= 4 is 12.0 Å². The van der Waals surface area contributed by atoms with E-state index in [-0.39, 0.29) is 11.3 Å². The normalized spacial score (nSPS) is 12.0. The summed E-state index contributed by atoms with van der Waals surface area (Å²) in [6.07, 6.45) is 4.35. The number of carbonyl (C=O) groups excluding carboxylic acids is 1. The number of rotatable bonds is 3. The molecule has 1 aromatic rings. The fourth-order valence-corrected chi connectivity index (χ4v) is 1.27. The van der Waals surface area contributed by atoms with Gasteiger partial charge in [-0.2, -0.15) is 0 Å². The average Bonchev–Trinajstić information content (AvgIpc) is 2.27. The minimum atomic E-state index is -0.00955. The van der Waals surface area contributed by atoms with Crippen molar-refractivity contribution in [3.8, 4) is 5.75 Å². The maximum atomic E-state index is 10.6. The third-order valence-corrected chi connectivity index (χ3v) is 2.02. The highest BCUT2D eigenvalue weighted by atomic mass is 16.3. The van der Waals surface area contributed by atoms with Crippen molar-refractivity contribution in [2.75, 3.05) is 7.05 Å². The minimum Gasteiger partial charge on any atom is -0.507 e. The molecule has 0 unspecified atom stereocenters. The number of hydrogen-bond acceptors (Lipinski definition) is 3. The lowest BCUT2D eigenvalue weighted by molar-refractivity contribution is 0.112. The number of aromatic hydroxyl groups is 1. The Balaban J connectivity index is 3.21. The first-order valence-corrected chi connectivity index (χ1v) is 4.61. The van der Waals surface area contributed by atoms with Crippen LogP contribution in [0.5, 0.6) is 5.75 Å². The van der Waals surface area contributed by atoms with Crippen LogP contribution in [-0.4, -0.2) is 24.2 Å². The molecule has 0 heterocycles. The summed E-state index contributed by atoms with van der Waals surface area (Å²) < 4.78 is 0. The number of aliphatic imine (C=N–C) groups is 1.